The Labute approximate surface area is 250 Å². The first kappa shape index (κ1) is 29.3. The quantitative estimate of drug-likeness (QED) is 0.273. The smallest absolute Gasteiger partial charge is 0.306 e. The number of fused-ring (bicyclic) bond motifs is 3. The molecular weight excluding hydrogens is 567 g/mol. The Morgan fingerprint density at radius 3 is 2.46 bits per heavy atom. The van der Waals surface area contributed by atoms with E-state index in [9.17, 15) is 9.59 Å². The van der Waals surface area contributed by atoms with Crippen LogP contribution < -0.4 is 9.47 Å². The number of ether oxygens (including phenoxy) is 4. The number of esters is 1. The first-order valence-corrected chi connectivity index (χ1v) is 14.6. The summed E-state index contributed by atoms with van der Waals surface area (Å²) in [5, 5.41) is 1.05. The molecule has 1 fully saturated rings. The molecule has 41 heavy (non-hydrogen) atoms. The molecule has 0 bridgehead atoms. The standard InChI is InChI=1S/C31H34Cl2N2O6/c1-4-40-29(37)16-19-12-14-34(15-13-19)28(36)18-26-24-10-11-27(33)35(24)23-9-8-20(32)17-22(23)30(41-26)21-6-5-7-25(38-2)31(21)39-3/h5-11,17,19,26,30H,4,12-16,18H2,1-3H3. The summed E-state index contributed by atoms with van der Waals surface area (Å²) in [6.07, 6.45) is 0.779. The van der Waals surface area contributed by atoms with E-state index in [0.29, 0.717) is 47.8 Å². The van der Waals surface area contributed by atoms with Gasteiger partial charge < -0.3 is 28.4 Å². The summed E-state index contributed by atoms with van der Waals surface area (Å²) in [7, 11) is 3.17. The van der Waals surface area contributed by atoms with E-state index in [-0.39, 0.29) is 24.2 Å². The lowest BCUT2D eigenvalue weighted by Crippen LogP contribution is -2.39. The molecule has 2 atom stereocenters. The average molecular weight is 602 g/mol. The first-order valence-electron chi connectivity index (χ1n) is 13.8. The largest absolute Gasteiger partial charge is 0.493 e. The van der Waals surface area contributed by atoms with Crippen molar-refractivity contribution in [2.75, 3.05) is 33.9 Å². The van der Waals surface area contributed by atoms with Crippen LogP contribution in [0.2, 0.25) is 10.2 Å². The summed E-state index contributed by atoms with van der Waals surface area (Å²) in [6, 6.07) is 14.9. The molecular formula is C31H34Cl2N2O6. The number of para-hydroxylation sites is 1. The predicted molar refractivity (Wildman–Crippen MR) is 156 cm³/mol. The third kappa shape index (κ3) is 6.05. The van der Waals surface area contributed by atoms with E-state index in [4.69, 9.17) is 42.1 Å². The molecule has 2 aromatic carbocycles. The molecule has 0 radical (unpaired) electrons. The molecule has 2 aliphatic rings. The predicted octanol–water partition coefficient (Wildman–Crippen LogP) is 6.54. The molecule has 0 N–H and O–H groups in total. The molecule has 218 valence electrons. The fraction of sp³-hybridized carbons (Fsp3) is 0.419. The number of aromatic nitrogens is 1. The fourth-order valence-electron chi connectivity index (χ4n) is 5.82. The number of halogens is 2. The van der Waals surface area contributed by atoms with Crippen molar-refractivity contribution in [3.63, 3.8) is 0 Å². The van der Waals surface area contributed by atoms with E-state index in [1.165, 1.54) is 0 Å². The SMILES string of the molecule is CCOC(=O)CC1CCN(C(=O)CC2OC(c3cccc(OC)c3OC)c3cc(Cl)ccc3-n3c(Cl)ccc32)CC1. The van der Waals surface area contributed by atoms with Crippen LogP contribution in [0.5, 0.6) is 11.5 Å². The lowest BCUT2D eigenvalue weighted by molar-refractivity contribution is -0.144. The van der Waals surface area contributed by atoms with E-state index < -0.39 is 12.2 Å². The van der Waals surface area contributed by atoms with Gasteiger partial charge >= 0.3 is 5.97 Å². The number of piperidine rings is 1. The number of carbonyl (C=O) groups is 2. The summed E-state index contributed by atoms with van der Waals surface area (Å²) in [4.78, 5) is 27.5. The van der Waals surface area contributed by atoms with Crippen molar-refractivity contribution in [2.45, 2.75) is 44.8 Å². The molecule has 0 aliphatic carbocycles. The van der Waals surface area contributed by atoms with Gasteiger partial charge in [0.25, 0.3) is 0 Å². The van der Waals surface area contributed by atoms with Gasteiger partial charge in [-0.05, 0) is 62.1 Å². The van der Waals surface area contributed by atoms with Crippen molar-refractivity contribution < 1.29 is 28.5 Å². The van der Waals surface area contributed by atoms with Gasteiger partial charge in [0.1, 0.15) is 17.4 Å². The minimum atomic E-state index is -0.627. The zero-order valence-electron chi connectivity index (χ0n) is 23.4. The van der Waals surface area contributed by atoms with Gasteiger partial charge in [-0.1, -0.05) is 35.3 Å². The molecule has 1 amide bonds. The number of hydrogen-bond acceptors (Lipinski definition) is 6. The lowest BCUT2D eigenvalue weighted by Gasteiger charge is -2.33. The lowest BCUT2D eigenvalue weighted by atomic mass is 9.93. The van der Waals surface area contributed by atoms with Crippen molar-refractivity contribution in [3.05, 3.63) is 75.5 Å². The van der Waals surface area contributed by atoms with Crippen molar-refractivity contribution in [2.24, 2.45) is 5.92 Å². The number of rotatable bonds is 8. The van der Waals surface area contributed by atoms with Crippen LogP contribution in [-0.4, -0.2) is 55.3 Å². The van der Waals surface area contributed by atoms with Gasteiger partial charge in [0, 0.05) is 35.7 Å². The molecule has 10 heteroatoms. The molecule has 3 aromatic rings. The van der Waals surface area contributed by atoms with E-state index in [1.807, 2.05) is 58.0 Å². The summed E-state index contributed by atoms with van der Waals surface area (Å²) in [5.74, 6) is 1.12. The number of hydrogen-bond donors (Lipinski definition) is 0. The highest BCUT2D eigenvalue weighted by molar-refractivity contribution is 6.31. The van der Waals surface area contributed by atoms with Crippen LogP contribution in [0.25, 0.3) is 5.69 Å². The Kier molecular flexibility index (Phi) is 9.12. The van der Waals surface area contributed by atoms with E-state index in [1.54, 1.807) is 21.1 Å². The highest BCUT2D eigenvalue weighted by Crippen LogP contribution is 2.47. The maximum atomic E-state index is 13.7. The van der Waals surface area contributed by atoms with Crippen molar-refractivity contribution >= 4 is 35.1 Å². The van der Waals surface area contributed by atoms with E-state index >= 15 is 0 Å². The maximum Gasteiger partial charge on any atom is 0.306 e. The van der Waals surface area contributed by atoms with Gasteiger partial charge in [-0.3, -0.25) is 9.59 Å². The molecule has 3 heterocycles. The van der Waals surface area contributed by atoms with Crippen molar-refractivity contribution in [1.82, 2.24) is 9.47 Å². The highest BCUT2D eigenvalue weighted by atomic mass is 35.5. The Bertz CT molecular complexity index is 1420. The zero-order valence-corrected chi connectivity index (χ0v) is 24.9. The highest BCUT2D eigenvalue weighted by Gasteiger charge is 2.36. The normalized spacial score (nSPS) is 18.7. The maximum absolute atomic E-state index is 13.7. The molecule has 0 saturated carbocycles. The third-order valence-electron chi connectivity index (χ3n) is 7.81. The van der Waals surface area contributed by atoms with Crippen LogP contribution in [0.4, 0.5) is 0 Å². The van der Waals surface area contributed by atoms with Crippen molar-refractivity contribution in [1.29, 1.82) is 0 Å². The van der Waals surface area contributed by atoms with Crippen molar-refractivity contribution in [3.8, 4) is 17.2 Å². The van der Waals surface area contributed by atoms with E-state index in [2.05, 4.69) is 0 Å². The second-order valence-electron chi connectivity index (χ2n) is 10.2. The summed E-state index contributed by atoms with van der Waals surface area (Å²) in [6.45, 7) is 3.35. The first-order chi connectivity index (χ1) is 19.8. The minimum Gasteiger partial charge on any atom is -0.493 e. The number of nitrogens with zero attached hydrogens (tertiary/aromatic N) is 2. The Hall–Kier alpha value is -3.20. The third-order valence-corrected chi connectivity index (χ3v) is 8.34. The van der Waals surface area contributed by atoms with Crippen LogP contribution in [0, 0.1) is 5.92 Å². The van der Waals surface area contributed by atoms with Gasteiger partial charge in [-0.15, -0.1) is 0 Å². The monoisotopic (exact) mass is 600 g/mol. The molecule has 2 aliphatic heterocycles. The van der Waals surface area contributed by atoms with Gasteiger partial charge in [0.15, 0.2) is 11.5 Å². The Balaban J connectivity index is 1.46. The molecule has 8 nitrogen and oxygen atoms in total. The summed E-state index contributed by atoms with van der Waals surface area (Å²) >= 11 is 13.2. The van der Waals surface area contributed by atoms with Crippen LogP contribution in [0.3, 0.4) is 0 Å². The number of carbonyl (C=O) groups excluding carboxylic acids is 2. The van der Waals surface area contributed by atoms with Crippen LogP contribution in [0.15, 0.2) is 48.5 Å². The Morgan fingerprint density at radius 1 is 0.976 bits per heavy atom. The average Bonchev–Trinajstić information content (AvgIpc) is 3.29. The molecule has 2 unspecified atom stereocenters. The van der Waals surface area contributed by atoms with Gasteiger partial charge in [-0.2, -0.15) is 0 Å². The molecule has 5 rings (SSSR count). The molecule has 1 saturated heterocycles. The second kappa shape index (κ2) is 12.8. The number of likely N-dealkylation sites (tertiary alicyclic amines) is 1. The Morgan fingerprint density at radius 2 is 1.76 bits per heavy atom. The topological polar surface area (TPSA) is 79.2 Å². The minimum absolute atomic E-state index is 0.0196. The van der Waals surface area contributed by atoms with Crippen LogP contribution in [0.1, 0.15) is 61.6 Å². The van der Waals surface area contributed by atoms with Gasteiger partial charge in [0.05, 0.1) is 38.6 Å². The van der Waals surface area contributed by atoms with Crippen LogP contribution in [-0.2, 0) is 19.1 Å². The molecule has 0 spiro atoms. The second-order valence-corrected chi connectivity index (χ2v) is 11.1. The number of amides is 1. The van der Waals surface area contributed by atoms with Crippen LogP contribution >= 0.6 is 23.2 Å². The molecule has 1 aromatic heterocycles. The number of methoxy groups -OCH3 is 2. The number of benzene rings is 2. The summed E-state index contributed by atoms with van der Waals surface area (Å²) in [5.41, 5.74) is 3.12. The zero-order chi connectivity index (χ0) is 29.1. The van der Waals surface area contributed by atoms with E-state index in [0.717, 1.165) is 35.3 Å². The van der Waals surface area contributed by atoms with Gasteiger partial charge in [-0.25, -0.2) is 0 Å². The fourth-order valence-corrected chi connectivity index (χ4v) is 6.25. The summed E-state index contributed by atoms with van der Waals surface area (Å²) < 4.78 is 25.2. The van der Waals surface area contributed by atoms with Gasteiger partial charge in [0.2, 0.25) is 5.91 Å².